The van der Waals surface area contributed by atoms with E-state index in [0.29, 0.717) is 5.91 Å². The van der Waals surface area contributed by atoms with E-state index < -0.39 is 0 Å². The van der Waals surface area contributed by atoms with Crippen molar-refractivity contribution in [3.8, 4) is 0 Å². The van der Waals surface area contributed by atoms with Crippen LogP contribution in [0.1, 0.15) is 51.4 Å². The molecule has 1 N–H and O–H groups in total. The Kier molecular flexibility index (Phi) is 3.46. The molecule has 0 radical (unpaired) electrons. The Morgan fingerprint density at radius 1 is 0.955 bits per heavy atom. The highest BCUT2D eigenvalue weighted by Crippen LogP contribution is 2.60. The van der Waals surface area contributed by atoms with Gasteiger partial charge in [-0.25, -0.2) is 0 Å². The minimum absolute atomic E-state index is 0.0192. The second kappa shape index (κ2) is 5.24. The fraction of sp³-hybridized carbons (Fsp3) is 0.889. The molecular formula is C18H28N2O2. The molecule has 2 amide bonds. The lowest BCUT2D eigenvalue weighted by Crippen LogP contribution is -2.56. The molecule has 0 aromatic rings. The van der Waals surface area contributed by atoms with Crippen molar-refractivity contribution >= 4 is 11.8 Å². The number of carbonyl (C=O) groups excluding carboxylic acids is 2. The number of carbonyl (C=O) groups is 2. The van der Waals surface area contributed by atoms with E-state index in [9.17, 15) is 9.59 Å². The van der Waals surface area contributed by atoms with Crippen LogP contribution in [0.15, 0.2) is 0 Å². The number of rotatable bonds is 2. The van der Waals surface area contributed by atoms with Gasteiger partial charge in [0, 0.05) is 26.1 Å². The third-order valence-electron chi connectivity index (χ3n) is 6.89. The lowest BCUT2D eigenvalue weighted by molar-refractivity contribution is -0.159. The molecule has 1 aliphatic heterocycles. The fourth-order valence-electron chi connectivity index (χ4n) is 6.26. The van der Waals surface area contributed by atoms with Gasteiger partial charge >= 0.3 is 0 Å². The summed E-state index contributed by atoms with van der Waals surface area (Å²) < 4.78 is 0. The van der Waals surface area contributed by atoms with Crippen LogP contribution in [0.5, 0.6) is 0 Å². The van der Waals surface area contributed by atoms with E-state index in [1.165, 1.54) is 19.3 Å². The Morgan fingerprint density at radius 3 is 1.91 bits per heavy atom. The van der Waals surface area contributed by atoms with E-state index in [0.717, 1.165) is 62.9 Å². The SMILES string of the molecule is CNC(=O)C1CCN(C(=O)C23CC4CC(CC(C4)C2)C3)CC1. The first kappa shape index (κ1) is 14.5. The molecule has 22 heavy (non-hydrogen) atoms. The number of likely N-dealkylation sites (tertiary alicyclic amines) is 1. The Hall–Kier alpha value is -1.06. The Balaban J connectivity index is 1.43. The van der Waals surface area contributed by atoms with Gasteiger partial charge in [-0.3, -0.25) is 9.59 Å². The Bertz CT molecular complexity index is 444. The van der Waals surface area contributed by atoms with Crippen LogP contribution in [-0.4, -0.2) is 36.9 Å². The summed E-state index contributed by atoms with van der Waals surface area (Å²) in [5.41, 5.74) is -0.0192. The van der Waals surface area contributed by atoms with Crippen LogP contribution in [0.25, 0.3) is 0 Å². The van der Waals surface area contributed by atoms with E-state index >= 15 is 0 Å². The van der Waals surface area contributed by atoms with Crippen molar-refractivity contribution in [1.29, 1.82) is 0 Å². The van der Waals surface area contributed by atoms with E-state index in [1.54, 1.807) is 7.05 Å². The van der Waals surface area contributed by atoms with E-state index in [1.807, 2.05) is 0 Å². The van der Waals surface area contributed by atoms with Crippen LogP contribution in [0.2, 0.25) is 0 Å². The number of piperidine rings is 1. The maximum Gasteiger partial charge on any atom is 0.228 e. The molecule has 122 valence electrons. The maximum absolute atomic E-state index is 13.2. The summed E-state index contributed by atoms with van der Waals surface area (Å²) >= 11 is 0. The molecule has 0 atom stereocenters. The summed E-state index contributed by atoms with van der Waals surface area (Å²) in [5, 5.41) is 2.74. The van der Waals surface area contributed by atoms with E-state index in [2.05, 4.69) is 10.2 Å². The molecule has 4 bridgehead atoms. The molecular weight excluding hydrogens is 276 g/mol. The largest absolute Gasteiger partial charge is 0.359 e. The van der Waals surface area contributed by atoms with Gasteiger partial charge in [0.1, 0.15) is 0 Å². The minimum atomic E-state index is -0.0192. The van der Waals surface area contributed by atoms with E-state index in [-0.39, 0.29) is 17.2 Å². The van der Waals surface area contributed by atoms with Crippen molar-refractivity contribution in [2.45, 2.75) is 51.4 Å². The quantitative estimate of drug-likeness (QED) is 0.850. The molecule has 1 heterocycles. The third kappa shape index (κ3) is 2.26. The molecule has 5 aliphatic rings. The number of nitrogens with one attached hydrogen (secondary N) is 1. The van der Waals surface area contributed by atoms with Crippen molar-refractivity contribution in [2.24, 2.45) is 29.1 Å². The smallest absolute Gasteiger partial charge is 0.228 e. The Morgan fingerprint density at radius 2 is 1.45 bits per heavy atom. The van der Waals surface area contributed by atoms with Crippen molar-refractivity contribution < 1.29 is 9.59 Å². The van der Waals surface area contributed by atoms with Crippen molar-refractivity contribution in [3.05, 3.63) is 0 Å². The van der Waals surface area contributed by atoms with Gasteiger partial charge in [0.25, 0.3) is 0 Å². The van der Waals surface area contributed by atoms with Gasteiger partial charge < -0.3 is 10.2 Å². The third-order valence-corrected chi connectivity index (χ3v) is 6.89. The normalized spacial score (nSPS) is 40.8. The highest BCUT2D eigenvalue weighted by atomic mass is 16.2. The van der Waals surface area contributed by atoms with Gasteiger partial charge in [-0.1, -0.05) is 0 Å². The number of hydrogen-bond donors (Lipinski definition) is 1. The zero-order chi connectivity index (χ0) is 15.3. The van der Waals surface area contributed by atoms with Gasteiger partial charge in [0.15, 0.2) is 0 Å². The fourth-order valence-corrected chi connectivity index (χ4v) is 6.26. The predicted octanol–water partition coefficient (Wildman–Crippen LogP) is 2.19. The first-order valence-electron chi connectivity index (χ1n) is 9.10. The zero-order valence-corrected chi connectivity index (χ0v) is 13.6. The number of hydrogen-bond acceptors (Lipinski definition) is 2. The zero-order valence-electron chi connectivity index (χ0n) is 13.6. The molecule has 4 aliphatic carbocycles. The Labute approximate surface area is 133 Å². The molecule has 4 saturated carbocycles. The van der Waals surface area contributed by atoms with E-state index in [4.69, 9.17) is 0 Å². The van der Waals surface area contributed by atoms with Gasteiger partial charge in [-0.2, -0.15) is 0 Å². The molecule has 5 rings (SSSR count). The van der Waals surface area contributed by atoms with Gasteiger partial charge in [0.05, 0.1) is 5.41 Å². The molecule has 5 fully saturated rings. The first-order chi connectivity index (χ1) is 10.6. The van der Waals surface area contributed by atoms with Crippen LogP contribution in [0.3, 0.4) is 0 Å². The predicted molar refractivity (Wildman–Crippen MR) is 84.0 cm³/mol. The maximum atomic E-state index is 13.2. The second-order valence-corrected chi connectivity index (χ2v) is 8.38. The van der Waals surface area contributed by atoms with Crippen LogP contribution in [-0.2, 0) is 9.59 Å². The number of nitrogens with zero attached hydrogens (tertiary/aromatic N) is 1. The summed E-state index contributed by atoms with van der Waals surface area (Å²) in [5.74, 6) is 3.13. The molecule has 0 spiro atoms. The van der Waals surface area contributed by atoms with Gasteiger partial charge in [-0.15, -0.1) is 0 Å². The monoisotopic (exact) mass is 304 g/mol. The summed E-state index contributed by atoms with van der Waals surface area (Å²) in [4.78, 5) is 27.1. The summed E-state index contributed by atoms with van der Waals surface area (Å²) in [6, 6.07) is 0. The molecule has 0 aromatic carbocycles. The average molecular weight is 304 g/mol. The lowest BCUT2D eigenvalue weighted by atomic mass is 9.49. The highest BCUT2D eigenvalue weighted by Gasteiger charge is 2.55. The van der Waals surface area contributed by atoms with Crippen molar-refractivity contribution in [1.82, 2.24) is 10.2 Å². The molecule has 1 saturated heterocycles. The second-order valence-electron chi connectivity index (χ2n) is 8.38. The van der Waals surface area contributed by atoms with Crippen molar-refractivity contribution in [2.75, 3.05) is 20.1 Å². The molecule has 4 heteroatoms. The summed E-state index contributed by atoms with van der Waals surface area (Å²) in [6.45, 7) is 1.55. The van der Waals surface area contributed by atoms with Gasteiger partial charge in [-0.05, 0) is 69.1 Å². The standard InChI is InChI=1S/C18H28N2O2/c1-19-16(21)15-2-4-20(5-3-15)17(22)18-9-12-6-13(10-18)8-14(7-12)11-18/h12-15H,2-11H2,1H3,(H,19,21). The van der Waals surface area contributed by atoms with Crippen LogP contribution in [0.4, 0.5) is 0 Å². The van der Waals surface area contributed by atoms with Crippen LogP contribution >= 0.6 is 0 Å². The highest BCUT2D eigenvalue weighted by molar-refractivity contribution is 5.84. The lowest BCUT2D eigenvalue weighted by Gasteiger charge is -2.57. The molecule has 4 nitrogen and oxygen atoms in total. The van der Waals surface area contributed by atoms with Crippen LogP contribution < -0.4 is 5.32 Å². The molecule has 0 unspecified atom stereocenters. The summed E-state index contributed by atoms with van der Waals surface area (Å²) in [6.07, 6.45) is 9.24. The summed E-state index contributed by atoms with van der Waals surface area (Å²) in [7, 11) is 1.70. The van der Waals surface area contributed by atoms with Gasteiger partial charge in [0.2, 0.25) is 11.8 Å². The first-order valence-corrected chi connectivity index (χ1v) is 9.10. The van der Waals surface area contributed by atoms with Crippen LogP contribution in [0, 0.1) is 29.1 Å². The topological polar surface area (TPSA) is 49.4 Å². The van der Waals surface area contributed by atoms with Crippen molar-refractivity contribution in [3.63, 3.8) is 0 Å². The average Bonchev–Trinajstić information content (AvgIpc) is 2.52. The minimum Gasteiger partial charge on any atom is -0.359 e. The molecule has 0 aromatic heterocycles. The number of amides is 2.